The molecule has 286 valence electrons. The minimum absolute atomic E-state index is 0.0940. The Kier molecular flexibility index (Phi) is 35.5. The Hall–Kier alpha value is -2.15. The van der Waals surface area contributed by atoms with Crippen molar-refractivity contribution in [3.63, 3.8) is 0 Å². The molecule has 0 spiro atoms. The summed E-state index contributed by atoms with van der Waals surface area (Å²) in [5.74, 6) is 0.406. The summed E-state index contributed by atoms with van der Waals surface area (Å²) in [6.45, 7) is 6.93. The molecule has 0 aromatic carbocycles. The molecule has 0 aliphatic rings. The van der Waals surface area contributed by atoms with Crippen molar-refractivity contribution in [2.75, 3.05) is 40.4 Å². The van der Waals surface area contributed by atoms with Crippen molar-refractivity contribution in [3.8, 4) is 0 Å². The van der Waals surface area contributed by atoms with Gasteiger partial charge in [0.15, 0.2) is 0 Å². The zero-order valence-corrected chi connectivity index (χ0v) is 32.6. The monoisotopic (exact) mass is 691 g/mol. The van der Waals surface area contributed by atoms with Crippen molar-refractivity contribution >= 4 is 17.8 Å². The summed E-state index contributed by atoms with van der Waals surface area (Å²) in [6, 6.07) is 0. The molecule has 0 bridgehead atoms. The Balaban J connectivity index is 4.16. The number of nitrogens with zero attached hydrogens (tertiary/aromatic N) is 1. The van der Waals surface area contributed by atoms with E-state index in [1.54, 1.807) is 0 Å². The first-order valence-corrected chi connectivity index (χ1v) is 20.4. The lowest BCUT2D eigenvalue weighted by molar-refractivity contribution is -0.143. The molecule has 1 N–H and O–H groups in total. The molecule has 0 saturated carbocycles. The van der Waals surface area contributed by atoms with Gasteiger partial charge in [-0.25, -0.2) is 0 Å². The highest BCUT2D eigenvalue weighted by atomic mass is 16.5. The van der Waals surface area contributed by atoms with Crippen LogP contribution in [0.2, 0.25) is 0 Å². The minimum atomic E-state index is -0.0940. The average Bonchev–Trinajstić information content (AvgIpc) is 3.07. The summed E-state index contributed by atoms with van der Waals surface area (Å²) in [4.78, 5) is 38.8. The van der Waals surface area contributed by atoms with Crippen LogP contribution in [0.25, 0.3) is 0 Å². The fraction of sp³-hybridized carbons (Fsp3) is 0.833. The van der Waals surface area contributed by atoms with Crippen molar-refractivity contribution in [1.29, 1.82) is 0 Å². The van der Waals surface area contributed by atoms with Crippen LogP contribution in [0.5, 0.6) is 0 Å². The molecule has 0 aromatic heterocycles. The fourth-order valence-corrected chi connectivity index (χ4v) is 5.95. The molecule has 0 aromatic rings. The van der Waals surface area contributed by atoms with Crippen LogP contribution in [0.3, 0.4) is 0 Å². The molecule has 49 heavy (non-hydrogen) atoms. The maximum absolute atomic E-state index is 12.7. The van der Waals surface area contributed by atoms with E-state index in [0.29, 0.717) is 38.4 Å². The van der Waals surface area contributed by atoms with Crippen molar-refractivity contribution in [2.24, 2.45) is 5.92 Å². The van der Waals surface area contributed by atoms with E-state index in [0.717, 1.165) is 109 Å². The standard InChI is InChI=1S/C42H78N2O5/c1-5-7-9-11-13-21-27-36-48-41(46)32-25-19-15-17-23-30-39(38-40(45)43-34-29-35-44(3)4)31-24-18-16-20-26-33-42(47)49-37-28-22-14-12-10-8-6-2/h21-22,27-28,39H,5-20,23-26,29-38H2,1-4H3,(H,43,45)/b27-21-,28-22-. The number of ether oxygens (including phenoxy) is 2. The maximum Gasteiger partial charge on any atom is 0.306 e. The summed E-state index contributed by atoms with van der Waals surface area (Å²) >= 11 is 0. The summed E-state index contributed by atoms with van der Waals surface area (Å²) < 4.78 is 10.7. The van der Waals surface area contributed by atoms with Gasteiger partial charge < -0.3 is 19.7 Å². The zero-order chi connectivity index (χ0) is 36.0. The summed E-state index contributed by atoms with van der Waals surface area (Å²) in [5.41, 5.74) is 0. The van der Waals surface area contributed by atoms with E-state index in [1.165, 1.54) is 51.4 Å². The highest BCUT2D eigenvalue weighted by Crippen LogP contribution is 2.22. The number of rotatable bonds is 36. The smallest absolute Gasteiger partial charge is 0.306 e. The van der Waals surface area contributed by atoms with Gasteiger partial charge in [-0.2, -0.15) is 0 Å². The first-order chi connectivity index (χ1) is 23.9. The van der Waals surface area contributed by atoms with Gasteiger partial charge >= 0.3 is 11.9 Å². The Morgan fingerprint density at radius 2 is 1.02 bits per heavy atom. The van der Waals surface area contributed by atoms with Gasteiger partial charge in [0.1, 0.15) is 13.2 Å². The van der Waals surface area contributed by atoms with Gasteiger partial charge in [0, 0.05) is 25.8 Å². The molecule has 0 atom stereocenters. The number of hydrogen-bond donors (Lipinski definition) is 1. The maximum atomic E-state index is 12.7. The van der Waals surface area contributed by atoms with Gasteiger partial charge in [0.05, 0.1) is 0 Å². The van der Waals surface area contributed by atoms with Crippen LogP contribution < -0.4 is 5.32 Å². The molecule has 1 amide bonds. The molecule has 0 unspecified atom stereocenters. The molecular formula is C42H78N2O5. The van der Waals surface area contributed by atoms with Crippen LogP contribution >= 0.6 is 0 Å². The predicted molar refractivity (Wildman–Crippen MR) is 207 cm³/mol. The number of unbranched alkanes of at least 4 members (excludes halogenated alkanes) is 16. The third kappa shape index (κ3) is 36.9. The van der Waals surface area contributed by atoms with E-state index in [1.807, 2.05) is 12.2 Å². The number of nitrogens with one attached hydrogen (secondary N) is 1. The number of amides is 1. The van der Waals surface area contributed by atoms with Gasteiger partial charge in [-0.1, -0.05) is 128 Å². The number of carbonyl (C=O) groups is 3. The van der Waals surface area contributed by atoms with E-state index in [-0.39, 0.29) is 17.8 Å². The van der Waals surface area contributed by atoms with Crippen molar-refractivity contribution in [1.82, 2.24) is 10.2 Å². The number of allylic oxidation sites excluding steroid dienone is 2. The van der Waals surface area contributed by atoms with Crippen molar-refractivity contribution in [3.05, 3.63) is 24.3 Å². The lowest BCUT2D eigenvalue weighted by atomic mass is 9.91. The van der Waals surface area contributed by atoms with E-state index in [4.69, 9.17) is 9.47 Å². The molecule has 7 nitrogen and oxygen atoms in total. The van der Waals surface area contributed by atoms with Crippen LogP contribution in [-0.2, 0) is 23.9 Å². The van der Waals surface area contributed by atoms with E-state index in [9.17, 15) is 14.4 Å². The SMILES string of the molecule is CCCCCC/C=C\COC(=O)CCCCCCCC(CCCCCCCC(=O)OC/C=C\CCCCCC)CC(=O)NCCCN(C)C. The van der Waals surface area contributed by atoms with Crippen LogP contribution in [0.15, 0.2) is 24.3 Å². The van der Waals surface area contributed by atoms with E-state index >= 15 is 0 Å². The predicted octanol–water partition coefficient (Wildman–Crippen LogP) is 10.7. The minimum Gasteiger partial charge on any atom is -0.461 e. The summed E-state index contributed by atoms with van der Waals surface area (Å²) in [5, 5.41) is 3.13. The van der Waals surface area contributed by atoms with E-state index < -0.39 is 0 Å². The normalized spacial score (nSPS) is 11.7. The third-order valence-corrected chi connectivity index (χ3v) is 9.03. The Morgan fingerprint density at radius 1 is 0.571 bits per heavy atom. The zero-order valence-electron chi connectivity index (χ0n) is 32.6. The van der Waals surface area contributed by atoms with Gasteiger partial charge in [-0.15, -0.1) is 0 Å². The van der Waals surface area contributed by atoms with Crippen molar-refractivity contribution in [2.45, 2.75) is 181 Å². The third-order valence-electron chi connectivity index (χ3n) is 9.03. The molecule has 0 saturated heterocycles. The van der Waals surface area contributed by atoms with Crippen LogP contribution in [0.1, 0.15) is 181 Å². The molecule has 0 heterocycles. The second-order valence-electron chi connectivity index (χ2n) is 14.2. The van der Waals surface area contributed by atoms with Crippen LogP contribution in [-0.4, -0.2) is 63.1 Å². The number of carbonyl (C=O) groups excluding carboxylic acids is 3. The van der Waals surface area contributed by atoms with E-state index in [2.05, 4.69) is 50.3 Å². The fourth-order valence-electron chi connectivity index (χ4n) is 5.95. The Bertz CT molecular complexity index is 774. The Morgan fingerprint density at radius 3 is 1.49 bits per heavy atom. The largest absolute Gasteiger partial charge is 0.461 e. The molecular weight excluding hydrogens is 612 g/mol. The van der Waals surface area contributed by atoms with Gasteiger partial charge in [-0.05, 0) is 84.3 Å². The van der Waals surface area contributed by atoms with Crippen LogP contribution in [0, 0.1) is 5.92 Å². The molecule has 0 radical (unpaired) electrons. The topological polar surface area (TPSA) is 84.9 Å². The van der Waals surface area contributed by atoms with Gasteiger partial charge in [0.25, 0.3) is 0 Å². The Labute approximate surface area is 302 Å². The van der Waals surface area contributed by atoms with Crippen molar-refractivity contribution < 1.29 is 23.9 Å². The number of esters is 2. The quantitative estimate of drug-likeness (QED) is 0.0400. The second-order valence-corrected chi connectivity index (χ2v) is 14.2. The first-order valence-electron chi connectivity index (χ1n) is 20.4. The summed E-state index contributed by atoms with van der Waals surface area (Å²) in [7, 11) is 4.11. The molecule has 0 aliphatic carbocycles. The van der Waals surface area contributed by atoms with Gasteiger partial charge in [-0.3, -0.25) is 14.4 Å². The van der Waals surface area contributed by atoms with Crippen LogP contribution in [0.4, 0.5) is 0 Å². The number of hydrogen-bond acceptors (Lipinski definition) is 6. The average molecular weight is 691 g/mol. The highest BCUT2D eigenvalue weighted by molar-refractivity contribution is 5.76. The lowest BCUT2D eigenvalue weighted by Crippen LogP contribution is -2.28. The lowest BCUT2D eigenvalue weighted by Gasteiger charge is -2.17. The summed E-state index contributed by atoms with van der Waals surface area (Å²) in [6.07, 6.45) is 35.7. The second kappa shape index (κ2) is 37.1. The first kappa shape index (κ1) is 46.9. The molecule has 0 rings (SSSR count). The molecule has 0 aliphatic heterocycles. The highest BCUT2D eigenvalue weighted by Gasteiger charge is 2.14. The molecule has 0 fully saturated rings. The molecule has 7 heteroatoms. The van der Waals surface area contributed by atoms with Gasteiger partial charge in [0.2, 0.25) is 5.91 Å².